The molecule has 0 aromatic heterocycles. The molecule has 1 aliphatic rings. The Kier molecular flexibility index (Phi) is 6.62. The van der Waals surface area contributed by atoms with E-state index in [9.17, 15) is 4.79 Å². The number of carbonyl (C=O) groups is 1. The van der Waals surface area contributed by atoms with Crippen LogP contribution in [0.1, 0.15) is 6.42 Å². The Bertz CT molecular complexity index is 785. The molecule has 1 heterocycles. The molecule has 3 rings (SSSR count). The molecule has 0 aliphatic carbocycles. The van der Waals surface area contributed by atoms with E-state index in [-0.39, 0.29) is 18.5 Å². The summed E-state index contributed by atoms with van der Waals surface area (Å²) in [7, 11) is 1.37. The molecule has 6 nitrogen and oxygen atoms in total. The zero-order valence-electron chi connectivity index (χ0n) is 15.1. The zero-order valence-corrected chi connectivity index (χ0v) is 15.9. The third-order valence-corrected chi connectivity index (χ3v) is 4.51. The largest absolute Gasteiger partial charge is 0.469 e. The minimum atomic E-state index is -0.290. The van der Waals surface area contributed by atoms with Crippen LogP contribution < -0.4 is 10.1 Å². The first-order valence-corrected chi connectivity index (χ1v) is 9.13. The van der Waals surface area contributed by atoms with Crippen molar-refractivity contribution in [3.05, 3.63) is 54.6 Å². The van der Waals surface area contributed by atoms with Gasteiger partial charge < -0.3 is 24.4 Å². The highest BCUT2D eigenvalue weighted by Crippen LogP contribution is 2.29. The molecule has 1 saturated heterocycles. The summed E-state index contributed by atoms with van der Waals surface area (Å²) in [6, 6.07) is 17.2. The molecule has 1 unspecified atom stereocenters. The fourth-order valence-electron chi connectivity index (χ4n) is 2.77. The Labute approximate surface area is 164 Å². The van der Waals surface area contributed by atoms with E-state index >= 15 is 0 Å². The summed E-state index contributed by atoms with van der Waals surface area (Å²) in [5.74, 6) is 1.15. The number of para-hydroxylation sites is 3. The third kappa shape index (κ3) is 5.42. The monoisotopic (exact) mass is 386 g/mol. The van der Waals surface area contributed by atoms with Crippen molar-refractivity contribution in [2.75, 3.05) is 32.1 Å². The standard InChI is InChI=1S/C20H22N2O4S/c1-24-19(23)13-16-14-22(11-12-25-16)20(27)21-17-9-5-6-10-18(17)26-15-7-3-2-4-8-15/h2-10,16H,11-14H2,1H3,(H,21,27). The first-order valence-electron chi connectivity index (χ1n) is 8.72. The number of carbonyl (C=O) groups excluding carboxylic acids is 1. The number of ether oxygens (including phenoxy) is 3. The van der Waals surface area contributed by atoms with Gasteiger partial charge in [-0.1, -0.05) is 30.3 Å². The fraction of sp³-hybridized carbons (Fsp3) is 0.300. The molecular formula is C20H22N2O4S. The molecule has 0 saturated carbocycles. The second kappa shape index (κ2) is 9.34. The average molecular weight is 386 g/mol. The number of morpholine rings is 1. The molecule has 1 N–H and O–H groups in total. The van der Waals surface area contributed by atoms with E-state index in [4.69, 9.17) is 26.4 Å². The Morgan fingerprint density at radius 2 is 1.96 bits per heavy atom. The topological polar surface area (TPSA) is 60.0 Å². The number of hydrogen-bond acceptors (Lipinski definition) is 5. The molecule has 1 atom stereocenters. The molecule has 1 fully saturated rings. The van der Waals surface area contributed by atoms with E-state index in [1.54, 1.807) is 0 Å². The second-order valence-corrected chi connectivity index (χ2v) is 6.45. The SMILES string of the molecule is COC(=O)CC1CN(C(=S)Nc2ccccc2Oc2ccccc2)CCO1. The maximum atomic E-state index is 11.5. The lowest BCUT2D eigenvalue weighted by Gasteiger charge is -2.34. The van der Waals surface area contributed by atoms with Crippen LogP contribution in [0.5, 0.6) is 11.5 Å². The van der Waals surface area contributed by atoms with Crippen molar-refractivity contribution in [1.29, 1.82) is 0 Å². The van der Waals surface area contributed by atoms with Crippen LogP contribution in [-0.4, -0.2) is 48.9 Å². The van der Waals surface area contributed by atoms with Crippen LogP contribution in [0.2, 0.25) is 0 Å². The Morgan fingerprint density at radius 1 is 1.22 bits per heavy atom. The van der Waals surface area contributed by atoms with E-state index in [2.05, 4.69) is 5.32 Å². The van der Waals surface area contributed by atoms with Gasteiger partial charge in [-0.25, -0.2) is 0 Å². The molecule has 0 amide bonds. The van der Waals surface area contributed by atoms with Crippen molar-refractivity contribution >= 4 is 29.0 Å². The van der Waals surface area contributed by atoms with Gasteiger partial charge in [0.05, 0.1) is 31.9 Å². The normalized spacial score (nSPS) is 16.5. The molecule has 0 radical (unpaired) electrons. The number of hydrogen-bond donors (Lipinski definition) is 1. The number of benzene rings is 2. The molecule has 2 aromatic rings. The van der Waals surface area contributed by atoms with Gasteiger partial charge in [-0.2, -0.15) is 0 Å². The smallest absolute Gasteiger partial charge is 0.308 e. The van der Waals surface area contributed by atoms with Gasteiger partial charge in [-0.05, 0) is 36.5 Å². The molecule has 27 heavy (non-hydrogen) atoms. The summed E-state index contributed by atoms with van der Waals surface area (Å²) < 4.78 is 16.3. The van der Waals surface area contributed by atoms with Gasteiger partial charge >= 0.3 is 5.97 Å². The third-order valence-electron chi connectivity index (χ3n) is 4.15. The van der Waals surface area contributed by atoms with Crippen molar-refractivity contribution < 1.29 is 19.0 Å². The summed E-state index contributed by atoms with van der Waals surface area (Å²) in [6.45, 7) is 1.69. The van der Waals surface area contributed by atoms with Crippen LogP contribution in [-0.2, 0) is 14.3 Å². The highest BCUT2D eigenvalue weighted by molar-refractivity contribution is 7.80. The summed E-state index contributed by atoms with van der Waals surface area (Å²) >= 11 is 5.56. The van der Waals surface area contributed by atoms with E-state index in [1.165, 1.54) is 7.11 Å². The number of rotatable bonds is 5. The van der Waals surface area contributed by atoms with Crippen molar-refractivity contribution in [2.45, 2.75) is 12.5 Å². The number of nitrogens with zero attached hydrogens (tertiary/aromatic N) is 1. The lowest BCUT2D eigenvalue weighted by molar-refractivity contribution is -0.145. The average Bonchev–Trinajstić information content (AvgIpc) is 2.70. The van der Waals surface area contributed by atoms with Crippen molar-refractivity contribution in [1.82, 2.24) is 4.90 Å². The molecular weight excluding hydrogens is 364 g/mol. The van der Waals surface area contributed by atoms with Crippen molar-refractivity contribution in [3.8, 4) is 11.5 Å². The number of methoxy groups -OCH3 is 1. The van der Waals surface area contributed by atoms with E-state index in [0.29, 0.717) is 30.6 Å². The van der Waals surface area contributed by atoms with Gasteiger partial charge in [0.2, 0.25) is 0 Å². The van der Waals surface area contributed by atoms with E-state index in [1.807, 2.05) is 59.5 Å². The molecule has 0 bridgehead atoms. The maximum absolute atomic E-state index is 11.5. The van der Waals surface area contributed by atoms with Crippen molar-refractivity contribution in [2.24, 2.45) is 0 Å². The Hall–Kier alpha value is -2.64. The maximum Gasteiger partial charge on any atom is 0.308 e. The van der Waals surface area contributed by atoms with Crippen LogP contribution in [0.15, 0.2) is 54.6 Å². The molecule has 2 aromatic carbocycles. The van der Waals surface area contributed by atoms with Crippen LogP contribution in [0.3, 0.4) is 0 Å². The van der Waals surface area contributed by atoms with Crippen LogP contribution >= 0.6 is 12.2 Å². The van der Waals surface area contributed by atoms with Gasteiger partial charge in [0.1, 0.15) is 5.75 Å². The van der Waals surface area contributed by atoms with Crippen LogP contribution in [0, 0.1) is 0 Å². The predicted octanol–water partition coefficient (Wildman–Crippen LogP) is 3.44. The summed E-state index contributed by atoms with van der Waals surface area (Å²) in [5.41, 5.74) is 0.780. The van der Waals surface area contributed by atoms with E-state index in [0.717, 1.165) is 11.4 Å². The minimum absolute atomic E-state index is 0.212. The minimum Gasteiger partial charge on any atom is -0.469 e. The summed E-state index contributed by atoms with van der Waals surface area (Å²) in [6.07, 6.45) is -0.0229. The van der Waals surface area contributed by atoms with Crippen LogP contribution in [0.4, 0.5) is 5.69 Å². The molecule has 142 valence electrons. The first-order chi connectivity index (χ1) is 13.2. The van der Waals surface area contributed by atoms with Gasteiger partial charge in [0, 0.05) is 13.1 Å². The van der Waals surface area contributed by atoms with Crippen molar-refractivity contribution in [3.63, 3.8) is 0 Å². The van der Waals surface area contributed by atoms with Crippen LogP contribution in [0.25, 0.3) is 0 Å². The summed E-state index contributed by atoms with van der Waals surface area (Å²) in [4.78, 5) is 13.5. The predicted molar refractivity (Wildman–Crippen MR) is 107 cm³/mol. The van der Waals surface area contributed by atoms with Gasteiger partial charge in [0.15, 0.2) is 10.9 Å². The number of thiocarbonyl (C=S) groups is 1. The second-order valence-electron chi connectivity index (χ2n) is 6.06. The Balaban J connectivity index is 1.64. The van der Waals surface area contributed by atoms with Gasteiger partial charge in [-0.3, -0.25) is 4.79 Å². The lowest BCUT2D eigenvalue weighted by atomic mass is 10.2. The number of nitrogens with one attached hydrogen (secondary N) is 1. The first kappa shape index (κ1) is 19.1. The molecule has 1 aliphatic heterocycles. The number of anilines is 1. The Morgan fingerprint density at radius 3 is 2.74 bits per heavy atom. The van der Waals surface area contributed by atoms with E-state index < -0.39 is 0 Å². The van der Waals surface area contributed by atoms with Gasteiger partial charge in [-0.15, -0.1) is 0 Å². The fourth-order valence-corrected chi connectivity index (χ4v) is 3.04. The summed E-state index contributed by atoms with van der Waals surface area (Å²) in [5, 5.41) is 3.82. The highest BCUT2D eigenvalue weighted by atomic mass is 32.1. The molecule has 0 spiro atoms. The zero-order chi connectivity index (χ0) is 19.1. The number of esters is 1. The molecule has 7 heteroatoms. The van der Waals surface area contributed by atoms with Gasteiger partial charge in [0.25, 0.3) is 0 Å². The highest BCUT2D eigenvalue weighted by Gasteiger charge is 2.25. The lowest BCUT2D eigenvalue weighted by Crippen LogP contribution is -2.47. The quantitative estimate of drug-likeness (QED) is 0.624.